The minimum Gasteiger partial charge on any atom is -0.334 e. The summed E-state index contributed by atoms with van der Waals surface area (Å²) < 4.78 is 44.8. The lowest BCUT2D eigenvalue weighted by molar-refractivity contribution is -0.117. The third-order valence-corrected chi connectivity index (χ3v) is 4.18. The molecule has 1 aliphatic rings. The molecule has 1 fully saturated rings. The number of benzene rings is 2. The highest BCUT2D eigenvalue weighted by atomic mass is 19.1. The first kappa shape index (κ1) is 16.3. The lowest BCUT2D eigenvalue weighted by Crippen LogP contribution is -2.24. The van der Waals surface area contributed by atoms with E-state index in [9.17, 15) is 18.0 Å². The van der Waals surface area contributed by atoms with Crippen LogP contribution in [0.25, 0.3) is 11.5 Å². The number of anilines is 1. The number of amides is 1. The number of nitrogens with zero attached hydrogens (tertiary/aromatic N) is 3. The molecule has 26 heavy (non-hydrogen) atoms. The van der Waals surface area contributed by atoms with Crippen molar-refractivity contribution >= 4 is 11.6 Å². The van der Waals surface area contributed by atoms with E-state index in [1.54, 1.807) is 0 Å². The summed E-state index contributed by atoms with van der Waals surface area (Å²) in [5.74, 6) is -2.11. The minimum atomic E-state index is -0.752. The van der Waals surface area contributed by atoms with Crippen LogP contribution in [0.3, 0.4) is 0 Å². The zero-order valence-electron chi connectivity index (χ0n) is 13.3. The maximum atomic E-state index is 13.3. The van der Waals surface area contributed by atoms with Crippen LogP contribution in [0.5, 0.6) is 0 Å². The maximum absolute atomic E-state index is 13.3. The molecule has 0 radical (unpaired) electrons. The van der Waals surface area contributed by atoms with Crippen molar-refractivity contribution in [3.63, 3.8) is 0 Å². The molecule has 1 amide bonds. The molecule has 1 saturated heterocycles. The van der Waals surface area contributed by atoms with Crippen LogP contribution >= 0.6 is 0 Å². The summed E-state index contributed by atoms with van der Waals surface area (Å²) in [5, 5.41) is 3.84. The average Bonchev–Trinajstić information content (AvgIpc) is 3.22. The maximum Gasteiger partial charge on any atom is 0.258 e. The quantitative estimate of drug-likeness (QED) is 0.716. The van der Waals surface area contributed by atoms with Crippen molar-refractivity contribution in [1.82, 2.24) is 10.1 Å². The van der Waals surface area contributed by atoms with Gasteiger partial charge < -0.3 is 9.42 Å². The molecule has 5 nitrogen and oxygen atoms in total. The van der Waals surface area contributed by atoms with Crippen molar-refractivity contribution in [3.05, 3.63) is 65.7 Å². The van der Waals surface area contributed by atoms with Crippen LogP contribution in [0.1, 0.15) is 18.2 Å². The van der Waals surface area contributed by atoms with Crippen LogP contribution < -0.4 is 4.90 Å². The van der Waals surface area contributed by atoms with Crippen LogP contribution in [0.2, 0.25) is 0 Å². The topological polar surface area (TPSA) is 59.2 Å². The Bertz CT molecular complexity index is 952. The summed E-state index contributed by atoms with van der Waals surface area (Å²) in [6.07, 6.45) is 0.161. The number of carbonyl (C=O) groups excluding carboxylic acids is 1. The number of aromatic nitrogens is 2. The molecule has 1 aliphatic heterocycles. The predicted octanol–water partition coefficient (Wildman–Crippen LogP) is 3.67. The molecule has 132 valence electrons. The summed E-state index contributed by atoms with van der Waals surface area (Å²) in [6, 6.07) is 8.52. The van der Waals surface area contributed by atoms with Gasteiger partial charge in [0.2, 0.25) is 5.91 Å². The second kappa shape index (κ2) is 6.29. The Morgan fingerprint density at radius 1 is 1.00 bits per heavy atom. The van der Waals surface area contributed by atoms with Crippen molar-refractivity contribution in [3.8, 4) is 11.5 Å². The van der Waals surface area contributed by atoms with Gasteiger partial charge in [-0.2, -0.15) is 4.98 Å². The Labute approximate surface area is 146 Å². The Balaban J connectivity index is 1.56. The SMILES string of the molecule is O=C1CC(c2noc(-c3cc(F)cc(F)c3)n2)CN1c1ccc(F)cc1. The van der Waals surface area contributed by atoms with Crippen molar-refractivity contribution in [2.75, 3.05) is 11.4 Å². The van der Waals surface area contributed by atoms with Gasteiger partial charge in [-0.3, -0.25) is 4.79 Å². The molecule has 1 aromatic heterocycles. The lowest BCUT2D eigenvalue weighted by Gasteiger charge is -2.15. The zero-order valence-corrected chi connectivity index (χ0v) is 13.3. The molecule has 2 heterocycles. The van der Waals surface area contributed by atoms with Gasteiger partial charge in [-0.25, -0.2) is 13.2 Å². The van der Waals surface area contributed by atoms with Gasteiger partial charge in [0.05, 0.1) is 0 Å². The van der Waals surface area contributed by atoms with Gasteiger partial charge in [0.15, 0.2) is 5.82 Å². The van der Waals surface area contributed by atoms with Crippen molar-refractivity contribution in [2.45, 2.75) is 12.3 Å². The van der Waals surface area contributed by atoms with Gasteiger partial charge in [-0.1, -0.05) is 5.16 Å². The molecule has 0 spiro atoms. The highest BCUT2D eigenvalue weighted by Crippen LogP contribution is 2.31. The molecule has 3 aromatic rings. The number of carbonyl (C=O) groups is 1. The Morgan fingerprint density at radius 3 is 2.38 bits per heavy atom. The molecule has 2 aromatic carbocycles. The highest BCUT2D eigenvalue weighted by molar-refractivity contribution is 5.96. The number of halogens is 3. The van der Waals surface area contributed by atoms with Crippen LogP contribution in [-0.4, -0.2) is 22.6 Å². The number of hydrogen-bond acceptors (Lipinski definition) is 4. The molecule has 0 saturated carbocycles. The first-order valence-corrected chi connectivity index (χ1v) is 7.85. The van der Waals surface area contributed by atoms with Gasteiger partial charge in [0.1, 0.15) is 17.5 Å². The smallest absolute Gasteiger partial charge is 0.258 e. The Kier molecular flexibility index (Phi) is 3.95. The largest absolute Gasteiger partial charge is 0.334 e. The van der Waals surface area contributed by atoms with Crippen LogP contribution in [0.4, 0.5) is 18.9 Å². The predicted molar refractivity (Wildman–Crippen MR) is 85.8 cm³/mol. The molecular weight excluding hydrogens is 347 g/mol. The molecule has 8 heteroatoms. The zero-order chi connectivity index (χ0) is 18.3. The van der Waals surface area contributed by atoms with Crippen LogP contribution in [-0.2, 0) is 4.79 Å². The second-order valence-electron chi connectivity index (χ2n) is 6.00. The second-order valence-corrected chi connectivity index (χ2v) is 6.00. The number of rotatable bonds is 3. The van der Waals surface area contributed by atoms with Gasteiger partial charge in [0, 0.05) is 36.2 Å². The van der Waals surface area contributed by atoms with Crippen LogP contribution in [0, 0.1) is 17.5 Å². The lowest BCUT2D eigenvalue weighted by atomic mass is 10.1. The van der Waals surface area contributed by atoms with E-state index in [1.807, 2.05) is 0 Å². The third kappa shape index (κ3) is 3.05. The Hall–Kier alpha value is -3.16. The molecular formula is C18H12F3N3O2. The molecule has 0 N–H and O–H groups in total. The highest BCUT2D eigenvalue weighted by Gasteiger charge is 2.34. The standard InChI is InChI=1S/C18H12F3N3O2/c19-12-1-3-15(4-2-12)24-9-11(7-16(24)25)17-22-18(26-23-17)10-5-13(20)8-14(21)6-10/h1-6,8,11H,7,9H2. The van der Waals surface area contributed by atoms with Crippen molar-refractivity contribution < 1.29 is 22.5 Å². The van der Waals surface area contributed by atoms with E-state index < -0.39 is 11.6 Å². The fraction of sp³-hybridized carbons (Fsp3) is 0.167. The number of hydrogen-bond donors (Lipinski definition) is 0. The van der Waals surface area contributed by atoms with Crippen molar-refractivity contribution in [2.24, 2.45) is 0 Å². The minimum absolute atomic E-state index is 0.0221. The molecule has 1 unspecified atom stereocenters. The summed E-state index contributed by atoms with van der Waals surface area (Å²) >= 11 is 0. The van der Waals surface area contributed by atoms with E-state index in [2.05, 4.69) is 10.1 Å². The summed E-state index contributed by atoms with van der Waals surface area (Å²) in [7, 11) is 0. The van der Waals surface area contributed by atoms with E-state index in [1.165, 1.54) is 29.2 Å². The Morgan fingerprint density at radius 2 is 1.69 bits per heavy atom. The van der Waals surface area contributed by atoms with E-state index in [4.69, 9.17) is 4.52 Å². The fourth-order valence-electron chi connectivity index (χ4n) is 2.95. The van der Waals surface area contributed by atoms with Gasteiger partial charge in [0.25, 0.3) is 5.89 Å². The summed E-state index contributed by atoms with van der Waals surface area (Å²) in [5.41, 5.74) is 0.704. The van der Waals surface area contributed by atoms with E-state index in [-0.39, 0.29) is 41.3 Å². The molecule has 4 rings (SSSR count). The fourth-order valence-corrected chi connectivity index (χ4v) is 2.95. The summed E-state index contributed by atoms with van der Waals surface area (Å²) in [6.45, 7) is 0.306. The normalized spacial score (nSPS) is 17.1. The van der Waals surface area contributed by atoms with E-state index in [0.717, 1.165) is 18.2 Å². The van der Waals surface area contributed by atoms with Gasteiger partial charge in [-0.05, 0) is 36.4 Å². The van der Waals surface area contributed by atoms with Gasteiger partial charge in [-0.15, -0.1) is 0 Å². The summed E-state index contributed by atoms with van der Waals surface area (Å²) in [4.78, 5) is 17.9. The average molecular weight is 359 g/mol. The molecule has 1 atom stereocenters. The first-order valence-electron chi connectivity index (χ1n) is 7.85. The first-order chi connectivity index (χ1) is 12.5. The van der Waals surface area contributed by atoms with Gasteiger partial charge >= 0.3 is 0 Å². The molecule has 0 bridgehead atoms. The van der Waals surface area contributed by atoms with E-state index >= 15 is 0 Å². The molecule has 0 aliphatic carbocycles. The third-order valence-electron chi connectivity index (χ3n) is 4.18. The monoisotopic (exact) mass is 359 g/mol. The van der Waals surface area contributed by atoms with E-state index in [0.29, 0.717) is 12.2 Å². The van der Waals surface area contributed by atoms with Crippen LogP contribution in [0.15, 0.2) is 47.0 Å². The van der Waals surface area contributed by atoms with Crippen molar-refractivity contribution in [1.29, 1.82) is 0 Å².